The molecular weight excluding hydrogens is 205 g/mol. The molecule has 0 unspecified atom stereocenters. The highest BCUT2D eigenvalue weighted by Crippen LogP contribution is 2.36. The lowest BCUT2D eigenvalue weighted by Gasteiger charge is -2.32. The summed E-state index contributed by atoms with van der Waals surface area (Å²) in [5.74, 6) is 0. The highest BCUT2D eigenvalue weighted by atomic mass is 16.7. The summed E-state index contributed by atoms with van der Waals surface area (Å²) in [7, 11) is -1.00. The van der Waals surface area contributed by atoms with Crippen LogP contribution in [-0.4, -0.2) is 33.3 Å². The van der Waals surface area contributed by atoms with Crippen LogP contribution in [0.25, 0.3) is 0 Å². The quantitative estimate of drug-likeness (QED) is 0.696. The van der Waals surface area contributed by atoms with Gasteiger partial charge < -0.3 is 9.31 Å². The molecule has 1 saturated heterocycles. The number of hydrogen-bond acceptors (Lipinski definition) is 4. The minimum atomic E-state index is -2.97. The van der Waals surface area contributed by atoms with Crippen molar-refractivity contribution in [3.63, 3.8) is 0 Å². The average Bonchev–Trinajstić information content (AvgIpc) is 2.76. The maximum Gasteiger partial charge on any atom is 0.518 e. The zero-order chi connectivity index (χ0) is 17.1. The van der Waals surface area contributed by atoms with E-state index in [1.165, 1.54) is 0 Å². The molecule has 1 aromatic heterocycles. The van der Waals surface area contributed by atoms with E-state index in [0.29, 0.717) is 4.80 Å². The molecule has 0 spiro atoms. The standard InChI is InChI=1S/C10H18BN3O2/c1-6-14-12-7-8(13-14)11-15-9(2,3)10(4,5)16-11/h7H,6H2,1-5H3/i1D3,6D2,7D. The monoisotopic (exact) mass is 229 g/mol. The number of nitrogens with zero attached hydrogens (tertiary/aromatic N) is 3. The van der Waals surface area contributed by atoms with Crippen LogP contribution in [-0.2, 0) is 15.8 Å². The molecule has 0 saturated carbocycles. The summed E-state index contributed by atoms with van der Waals surface area (Å²) in [6, 6.07) is 0. The Balaban J connectivity index is 2.37. The molecule has 2 rings (SSSR count). The smallest absolute Gasteiger partial charge is 0.398 e. The molecular formula is C10H18BN3O2. The molecule has 88 valence electrons. The number of hydrogen-bond donors (Lipinski definition) is 0. The SMILES string of the molecule is [2H]c1nn(C([2H])([2H])C([2H])([2H])[2H])nc1B1OC(C)(C)C(C)(C)O1. The van der Waals surface area contributed by atoms with E-state index in [1.54, 1.807) is 0 Å². The second-order valence-corrected chi connectivity index (χ2v) is 4.69. The van der Waals surface area contributed by atoms with Gasteiger partial charge >= 0.3 is 7.12 Å². The Labute approximate surface area is 105 Å². The molecule has 0 aromatic carbocycles. The van der Waals surface area contributed by atoms with E-state index in [9.17, 15) is 0 Å². The van der Waals surface area contributed by atoms with Gasteiger partial charge in [0.15, 0.2) is 0 Å². The van der Waals surface area contributed by atoms with Crippen molar-refractivity contribution in [2.45, 2.75) is 52.2 Å². The second-order valence-electron chi connectivity index (χ2n) is 4.69. The molecule has 6 heteroatoms. The van der Waals surface area contributed by atoms with Crippen LogP contribution in [0.1, 0.15) is 42.8 Å². The Morgan fingerprint density at radius 2 is 2.12 bits per heavy atom. The largest absolute Gasteiger partial charge is 0.518 e. The van der Waals surface area contributed by atoms with Crippen LogP contribution in [0, 0.1) is 0 Å². The van der Waals surface area contributed by atoms with E-state index in [1.807, 2.05) is 27.7 Å². The van der Waals surface area contributed by atoms with Gasteiger partial charge in [-0.25, -0.2) is 0 Å². The Morgan fingerprint density at radius 3 is 2.69 bits per heavy atom. The Bertz CT molecular complexity index is 570. The lowest BCUT2D eigenvalue weighted by atomic mass is 9.86. The molecule has 0 N–H and O–H groups in total. The van der Waals surface area contributed by atoms with Gasteiger partial charge in [-0.2, -0.15) is 15.0 Å². The summed E-state index contributed by atoms with van der Waals surface area (Å²) in [6.45, 7) is 1.49. The third kappa shape index (κ3) is 1.76. The molecule has 5 nitrogen and oxygen atoms in total. The van der Waals surface area contributed by atoms with E-state index < -0.39 is 31.7 Å². The molecule has 2 heterocycles. The minimum absolute atomic E-state index is 0.0493. The van der Waals surface area contributed by atoms with Gasteiger partial charge in [0.2, 0.25) is 0 Å². The maximum atomic E-state index is 7.79. The fourth-order valence-electron chi connectivity index (χ4n) is 1.35. The van der Waals surface area contributed by atoms with Crippen LogP contribution in [0.5, 0.6) is 0 Å². The van der Waals surface area contributed by atoms with Crippen molar-refractivity contribution < 1.29 is 17.5 Å². The molecule has 0 radical (unpaired) electrons. The van der Waals surface area contributed by atoms with Crippen molar-refractivity contribution in [1.29, 1.82) is 0 Å². The van der Waals surface area contributed by atoms with Crippen molar-refractivity contribution >= 4 is 12.7 Å². The molecule has 16 heavy (non-hydrogen) atoms. The van der Waals surface area contributed by atoms with E-state index in [-0.39, 0.29) is 11.8 Å². The lowest BCUT2D eigenvalue weighted by Crippen LogP contribution is -2.41. The van der Waals surface area contributed by atoms with Crippen molar-refractivity contribution in [1.82, 2.24) is 15.0 Å². The first-order valence-corrected chi connectivity index (χ1v) is 4.99. The zero-order valence-corrected chi connectivity index (χ0v) is 9.74. The van der Waals surface area contributed by atoms with E-state index in [4.69, 9.17) is 17.5 Å². The molecule has 0 atom stereocenters. The summed E-state index contributed by atoms with van der Waals surface area (Å²) >= 11 is 0. The van der Waals surface area contributed by atoms with Gasteiger partial charge in [-0.3, -0.25) is 0 Å². The van der Waals surface area contributed by atoms with Crippen LogP contribution in [0.15, 0.2) is 6.17 Å². The van der Waals surface area contributed by atoms with E-state index >= 15 is 0 Å². The molecule has 0 aliphatic carbocycles. The molecule has 0 bridgehead atoms. The van der Waals surface area contributed by atoms with E-state index in [2.05, 4.69) is 10.2 Å². The van der Waals surface area contributed by atoms with Crippen molar-refractivity contribution in [3.8, 4) is 0 Å². The van der Waals surface area contributed by atoms with Crippen molar-refractivity contribution in [2.24, 2.45) is 0 Å². The molecule has 1 aliphatic heterocycles. The average molecular weight is 229 g/mol. The molecule has 1 fully saturated rings. The van der Waals surface area contributed by atoms with Gasteiger partial charge in [0.25, 0.3) is 0 Å². The third-order valence-electron chi connectivity index (χ3n) is 3.04. The fourth-order valence-corrected chi connectivity index (χ4v) is 1.35. The number of rotatable bonds is 2. The Hall–Kier alpha value is -0.875. The third-order valence-corrected chi connectivity index (χ3v) is 3.04. The van der Waals surface area contributed by atoms with Crippen LogP contribution in [0.4, 0.5) is 0 Å². The molecule has 1 aromatic rings. The van der Waals surface area contributed by atoms with Gasteiger partial charge in [-0.05, 0) is 34.5 Å². The van der Waals surface area contributed by atoms with E-state index in [0.717, 1.165) is 0 Å². The summed E-state index contributed by atoms with van der Waals surface area (Å²) in [4.78, 5) is 0.392. The molecule has 0 amide bonds. The first-order chi connectivity index (χ1) is 9.69. The van der Waals surface area contributed by atoms with Crippen LogP contribution >= 0.6 is 0 Å². The highest BCUT2D eigenvalue weighted by molar-refractivity contribution is 6.61. The minimum Gasteiger partial charge on any atom is -0.398 e. The van der Waals surface area contributed by atoms with Crippen LogP contribution < -0.4 is 5.59 Å². The first-order valence-electron chi connectivity index (χ1n) is 7.99. The predicted octanol–water partition coefficient (Wildman–Crippen LogP) is 0.597. The van der Waals surface area contributed by atoms with Gasteiger partial charge in [0.05, 0.1) is 28.0 Å². The highest BCUT2D eigenvalue weighted by Gasteiger charge is 2.52. The predicted molar refractivity (Wildman–Crippen MR) is 61.4 cm³/mol. The lowest BCUT2D eigenvalue weighted by molar-refractivity contribution is 0.00578. The number of aryl methyl sites for hydroxylation is 1. The van der Waals surface area contributed by atoms with Crippen molar-refractivity contribution in [2.75, 3.05) is 0 Å². The normalized spacial score (nSPS) is 29.9. The van der Waals surface area contributed by atoms with Gasteiger partial charge in [0, 0.05) is 4.11 Å². The second kappa shape index (κ2) is 3.57. The number of aromatic nitrogens is 3. The van der Waals surface area contributed by atoms with Crippen LogP contribution in [0.2, 0.25) is 0 Å². The van der Waals surface area contributed by atoms with Crippen LogP contribution in [0.3, 0.4) is 0 Å². The fraction of sp³-hybridized carbons (Fsp3) is 0.800. The summed E-state index contributed by atoms with van der Waals surface area (Å²) in [5.41, 5.74) is -1.36. The van der Waals surface area contributed by atoms with Gasteiger partial charge in [-0.1, -0.05) is 0 Å². The topological polar surface area (TPSA) is 49.2 Å². The first kappa shape index (κ1) is 6.16. The van der Waals surface area contributed by atoms with Gasteiger partial charge in [0.1, 0.15) is 5.59 Å². The Kier molecular flexibility index (Phi) is 1.37. The summed E-state index contributed by atoms with van der Waals surface area (Å²) < 4.78 is 56.2. The maximum absolute atomic E-state index is 7.79. The van der Waals surface area contributed by atoms with Crippen molar-refractivity contribution in [3.05, 3.63) is 6.17 Å². The zero-order valence-electron chi connectivity index (χ0n) is 15.7. The summed E-state index contributed by atoms with van der Waals surface area (Å²) in [6.07, 6.45) is -0.383. The molecule has 1 aliphatic rings. The van der Waals surface area contributed by atoms with Gasteiger partial charge in [-0.15, -0.1) is 0 Å². The Morgan fingerprint density at radius 1 is 1.50 bits per heavy atom. The summed E-state index contributed by atoms with van der Waals surface area (Å²) in [5, 5.41) is 7.36.